The minimum absolute atomic E-state index is 0.158. The Balaban J connectivity index is 1.90. The number of hydrogen-bond donors (Lipinski definition) is 1. The molecule has 2 aromatic carbocycles. The van der Waals surface area contributed by atoms with Gasteiger partial charge in [-0.05, 0) is 36.6 Å². The smallest absolute Gasteiger partial charge is 0.306 e. The molecular formula is C23H26O4. The molecule has 0 fully saturated rings. The zero-order valence-electron chi connectivity index (χ0n) is 15.6. The largest absolute Gasteiger partial charge is 0.491 e. The Hall–Kier alpha value is -2.85. The summed E-state index contributed by atoms with van der Waals surface area (Å²) in [6.07, 6.45) is 0.268. The lowest BCUT2D eigenvalue weighted by molar-refractivity contribution is -0.143. The molecule has 0 radical (unpaired) electrons. The molecule has 2 aromatic rings. The molecule has 0 spiro atoms. The van der Waals surface area contributed by atoms with Crippen LogP contribution in [-0.4, -0.2) is 24.3 Å². The highest BCUT2D eigenvalue weighted by Crippen LogP contribution is 2.17. The van der Waals surface area contributed by atoms with E-state index in [0.29, 0.717) is 25.2 Å². The predicted molar refractivity (Wildman–Crippen MR) is 106 cm³/mol. The Kier molecular flexibility index (Phi) is 8.87. The first kappa shape index (κ1) is 20.5. The van der Waals surface area contributed by atoms with Gasteiger partial charge in [0.05, 0.1) is 6.61 Å². The summed E-state index contributed by atoms with van der Waals surface area (Å²) in [5, 5.41) is 10.4. The summed E-state index contributed by atoms with van der Waals surface area (Å²) >= 11 is 0. The van der Waals surface area contributed by atoms with Crippen molar-refractivity contribution in [3.63, 3.8) is 0 Å². The van der Waals surface area contributed by atoms with Gasteiger partial charge in [0.2, 0.25) is 0 Å². The molecule has 0 unspecified atom stereocenters. The molecule has 0 aliphatic heterocycles. The van der Waals surface area contributed by atoms with Crippen LogP contribution in [0.4, 0.5) is 0 Å². The van der Waals surface area contributed by atoms with Crippen LogP contribution in [0.25, 0.3) is 0 Å². The second kappa shape index (κ2) is 11.7. The summed E-state index contributed by atoms with van der Waals surface area (Å²) in [6.45, 7) is 2.36. The Labute approximate surface area is 160 Å². The third-order valence-corrected chi connectivity index (χ3v) is 3.88. The number of rotatable bonds is 8. The highest BCUT2D eigenvalue weighted by atomic mass is 16.5. The molecule has 0 saturated heterocycles. The molecule has 4 heteroatoms. The molecule has 142 valence electrons. The fraction of sp³-hybridized carbons (Fsp3) is 0.261. The van der Waals surface area contributed by atoms with Crippen molar-refractivity contribution in [1.82, 2.24) is 0 Å². The van der Waals surface area contributed by atoms with Gasteiger partial charge in [0.15, 0.2) is 0 Å². The molecule has 0 bridgehead atoms. The Morgan fingerprint density at radius 1 is 0.926 bits per heavy atom. The van der Waals surface area contributed by atoms with Crippen LogP contribution in [0.3, 0.4) is 0 Å². The normalized spacial score (nSPS) is 11.2. The number of hydrogen-bond acceptors (Lipinski definition) is 4. The highest BCUT2D eigenvalue weighted by molar-refractivity contribution is 5.69. The molecule has 4 nitrogen and oxygen atoms in total. The van der Waals surface area contributed by atoms with Crippen LogP contribution in [0, 0.1) is 0 Å². The third-order valence-electron chi connectivity index (χ3n) is 3.88. The van der Waals surface area contributed by atoms with Crippen molar-refractivity contribution in [1.29, 1.82) is 0 Å². The van der Waals surface area contributed by atoms with Crippen LogP contribution in [-0.2, 0) is 16.0 Å². The average molecular weight is 366 g/mol. The zero-order chi connectivity index (χ0) is 19.3. The third kappa shape index (κ3) is 7.92. The van der Waals surface area contributed by atoms with Crippen LogP contribution in [0.2, 0.25) is 0 Å². The number of esters is 1. The van der Waals surface area contributed by atoms with Crippen molar-refractivity contribution in [2.75, 3.05) is 13.2 Å². The number of ether oxygens (including phenoxy) is 2. The first-order chi connectivity index (χ1) is 13.2. The van der Waals surface area contributed by atoms with Gasteiger partial charge in [-0.3, -0.25) is 4.79 Å². The van der Waals surface area contributed by atoms with Crippen molar-refractivity contribution in [2.24, 2.45) is 0 Å². The quantitative estimate of drug-likeness (QED) is 0.703. The van der Waals surface area contributed by atoms with Crippen molar-refractivity contribution in [3.8, 4) is 5.75 Å². The lowest BCUT2D eigenvalue weighted by Gasteiger charge is -2.12. The first-order valence-electron chi connectivity index (χ1n) is 9.12. The molecule has 1 N–H and O–H groups in total. The minimum Gasteiger partial charge on any atom is -0.491 e. The van der Waals surface area contributed by atoms with E-state index in [1.54, 1.807) is 6.92 Å². The van der Waals surface area contributed by atoms with Crippen LogP contribution < -0.4 is 4.74 Å². The molecule has 0 heterocycles. The summed E-state index contributed by atoms with van der Waals surface area (Å²) in [5.41, 5.74) is 1.82. The van der Waals surface area contributed by atoms with Gasteiger partial charge < -0.3 is 14.6 Å². The number of aliphatic hydroxyl groups is 1. The standard InChI is InChI=1S/C23H26O4/c1-2-26-23(25)17-14-19-12-15-21(16-13-19)27-18-22(24)20-10-8-6-4-3-5-7-9-11-20/h3-13,15-16,22,24H,2,14,17-18H2,1H3/t22-/m0/s1. The summed E-state index contributed by atoms with van der Waals surface area (Å²) in [6, 6.07) is 24.6. The molecule has 0 aliphatic carbocycles. The summed E-state index contributed by atoms with van der Waals surface area (Å²) in [5.74, 6) is 0.490. The molecule has 0 amide bonds. The number of benzene rings is 1. The maximum Gasteiger partial charge on any atom is 0.306 e. The van der Waals surface area contributed by atoms with Gasteiger partial charge in [-0.15, -0.1) is 0 Å². The van der Waals surface area contributed by atoms with Crippen molar-refractivity contribution < 1.29 is 19.4 Å². The number of aryl methyl sites for hydroxylation is 1. The highest BCUT2D eigenvalue weighted by Gasteiger charge is 2.07. The van der Waals surface area contributed by atoms with E-state index < -0.39 is 6.10 Å². The number of aliphatic hydroxyl groups excluding tert-OH is 1. The predicted octanol–water partition coefficient (Wildman–Crippen LogP) is 4.42. The molecule has 2 rings (SSSR count). The lowest BCUT2D eigenvalue weighted by Crippen LogP contribution is -2.09. The first-order valence-corrected chi connectivity index (χ1v) is 9.12. The summed E-state index contributed by atoms with van der Waals surface area (Å²) < 4.78 is 10.6. The van der Waals surface area contributed by atoms with Gasteiger partial charge in [-0.25, -0.2) is 0 Å². The van der Waals surface area contributed by atoms with E-state index in [2.05, 4.69) is 0 Å². The number of carbonyl (C=O) groups is 1. The van der Waals surface area contributed by atoms with Crippen LogP contribution in [0.15, 0.2) is 78.9 Å². The number of carbonyl (C=O) groups excluding carboxylic acids is 1. The van der Waals surface area contributed by atoms with E-state index in [4.69, 9.17) is 9.47 Å². The maximum atomic E-state index is 11.4. The fourth-order valence-electron chi connectivity index (χ4n) is 2.44. The Morgan fingerprint density at radius 3 is 2.11 bits per heavy atom. The Morgan fingerprint density at radius 2 is 1.52 bits per heavy atom. The molecule has 0 aromatic heterocycles. The lowest BCUT2D eigenvalue weighted by atomic mass is 10.1. The van der Waals surface area contributed by atoms with Gasteiger partial charge in [0.1, 0.15) is 18.5 Å². The summed E-state index contributed by atoms with van der Waals surface area (Å²) in [4.78, 5) is 11.4. The average Bonchev–Trinajstić information content (AvgIpc) is 2.69. The van der Waals surface area contributed by atoms with Gasteiger partial charge in [-0.2, -0.15) is 0 Å². The van der Waals surface area contributed by atoms with Gasteiger partial charge in [0, 0.05) is 6.42 Å². The fourth-order valence-corrected chi connectivity index (χ4v) is 2.44. The van der Waals surface area contributed by atoms with Crippen LogP contribution >= 0.6 is 0 Å². The van der Waals surface area contributed by atoms with E-state index in [0.717, 1.165) is 11.1 Å². The molecular weight excluding hydrogens is 340 g/mol. The maximum absolute atomic E-state index is 11.4. The molecule has 0 aliphatic rings. The monoisotopic (exact) mass is 366 g/mol. The van der Waals surface area contributed by atoms with E-state index in [1.165, 1.54) is 0 Å². The van der Waals surface area contributed by atoms with E-state index in [-0.39, 0.29) is 12.6 Å². The second-order valence-corrected chi connectivity index (χ2v) is 5.96. The van der Waals surface area contributed by atoms with Gasteiger partial charge in [-0.1, -0.05) is 66.7 Å². The molecule has 0 saturated carbocycles. The van der Waals surface area contributed by atoms with E-state index in [1.807, 2.05) is 78.9 Å². The van der Waals surface area contributed by atoms with Crippen LogP contribution in [0.5, 0.6) is 5.75 Å². The van der Waals surface area contributed by atoms with Crippen molar-refractivity contribution in [3.05, 3.63) is 90.0 Å². The van der Waals surface area contributed by atoms with Gasteiger partial charge in [0.25, 0.3) is 0 Å². The van der Waals surface area contributed by atoms with Crippen LogP contribution in [0.1, 0.15) is 30.6 Å². The topological polar surface area (TPSA) is 55.8 Å². The minimum atomic E-state index is -0.730. The summed E-state index contributed by atoms with van der Waals surface area (Å²) in [7, 11) is 0. The van der Waals surface area contributed by atoms with Gasteiger partial charge >= 0.3 is 5.97 Å². The molecule has 27 heavy (non-hydrogen) atoms. The Bertz CT molecular complexity index is 729. The van der Waals surface area contributed by atoms with E-state index >= 15 is 0 Å². The zero-order valence-corrected chi connectivity index (χ0v) is 15.6. The van der Waals surface area contributed by atoms with E-state index in [9.17, 15) is 9.90 Å². The SMILES string of the molecule is CCOC(=O)CCc1ccc(OC[C@H](O)c2ccccccccc2)cc1. The van der Waals surface area contributed by atoms with Crippen molar-refractivity contribution in [2.45, 2.75) is 25.9 Å². The van der Waals surface area contributed by atoms with Crippen molar-refractivity contribution >= 4 is 5.97 Å². The second-order valence-electron chi connectivity index (χ2n) is 5.96. The molecule has 1 atom stereocenters.